The van der Waals surface area contributed by atoms with Crippen LogP contribution < -0.4 is 0 Å². The van der Waals surface area contributed by atoms with Crippen molar-refractivity contribution in [2.45, 2.75) is 6.92 Å². The van der Waals surface area contributed by atoms with Crippen LogP contribution in [0.4, 0.5) is 0 Å². The lowest BCUT2D eigenvalue weighted by Gasteiger charge is -2.07. The van der Waals surface area contributed by atoms with Crippen LogP contribution in [0.3, 0.4) is 0 Å². The number of aryl methyl sites for hydroxylation is 1. The van der Waals surface area contributed by atoms with E-state index in [2.05, 4.69) is 84.3 Å². The summed E-state index contributed by atoms with van der Waals surface area (Å²) in [5.74, 6) is 0. The highest BCUT2D eigenvalue weighted by Crippen LogP contribution is 2.32. The zero-order chi connectivity index (χ0) is 13.5. The van der Waals surface area contributed by atoms with Gasteiger partial charge in [-0.3, -0.25) is 0 Å². The van der Waals surface area contributed by atoms with E-state index >= 15 is 0 Å². The quantitative estimate of drug-likeness (QED) is 0.447. The average molecular weight is 257 g/mol. The highest BCUT2D eigenvalue weighted by Gasteiger charge is 2.11. The van der Waals surface area contributed by atoms with E-state index in [4.69, 9.17) is 0 Å². The fourth-order valence-corrected chi connectivity index (χ4v) is 2.94. The minimum Gasteiger partial charge on any atom is -0.309 e. The van der Waals surface area contributed by atoms with E-state index in [1.165, 1.54) is 33.1 Å². The third-order valence-electron chi connectivity index (χ3n) is 3.84. The summed E-state index contributed by atoms with van der Waals surface area (Å²) >= 11 is 0. The zero-order valence-electron chi connectivity index (χ0n) is 11.4. The normalized spacial score (nSPS) is 11.2. The van der Waals surface area contributed by atoms with Crippen molar-refractivity contribution in [1.29, 1.82) is 0 Å². The van der Waals surface area contributed by atoms with Gasteiger partial charge in [0.2, 0.25) is 0 Å². The average Bonchev–Trinajstić information content (AvgIpc) is 2.81. The molecular formula is C19H15N. The van der Waals surface area contributed by atoms with Gasteiger partial charge in [0, 0.05) is 16.5 Å². The van der Waals surface area contributed by atoms with Gasteiger partial charge < -0.3 is 4.57 Å². The third-order valence-corrected chi connectivity index (χ3v) is 3.84. The predicted octanol–water partition coefficient (Wildman–Crippen LogP) is 5.09. The third kappa shape index (κ3) is 1.56. The van der Waals surface area contributed by atoms with Crippen LogP contribution in [0.15, 0.2) is 72.8 Å². The highest BCUT2D eigenvalue weighted by atomic mass is 15.0. The van der Waals surface area contributed by atoms with Crippen LogP contribution in [-0.4, -0.2) is 4.57 Å². The topological polar surface area (TPSA) is 4.93 Å². The van der Waals surface area contributed by atoms with Crippen LogP contribution in [0.1, 0.15) is 5.56 Å². The molecule has 20 heavy (non-hydrogen) atoms. The molecule has 0 atom stereocenters. The van der Waals surface area contributed by atoms with Gasteiger partial charge in [0.05, 0.1) is 11.0 Å². The summed E-state index contributed by atoms with van der Waals surface area (Å²) in [6.45, 7) is 2.15. The van der Waals surface area contributed by atoms with Gasteiger partial charge in [-0.2, -0.15) is 0 Å². The van der Waals surface area contributed by atoms with E-state index in [0.717, 1.165) is 0 Å². The van der Waals surface area contributed by atoms with Gasteiger partial charge in [-0.05, 0) is 36.8 Å². The fourth-order valence-electron chi connectivity index (χ4n) is 2.94. The molecule has 1 heteroatoms. The molecule has 0 saturated heterocycles. The van der Waals surface area contributed by atoms with Crippen molar-refractivity contribution in [3.05, 3.63) is 78.4 Å². The molecule has 0 radical (unpaired) electrons. The van der Waals surface area contributed by atoms with Gasteiger partial charge in [-0.1, -0.05) is 48.5 Å². The van der Waals surface area contributed by atoms with Crippen molar-refractivity contribution in [2.75, 3.05) is 0 Å². The molecule has 1 heterocycles. The van der Waals surface area contributed by atoms with Crippen molar-refractivity contribution in [3.8, 4) is 5.69 Å². The van der Waals surface area contributed by atoms with E-state index in [-0.39, 0.29) is 0 Å². The summed E-state index contributed by atoms with van der Waals surface area (Å²) in [4.78, 5) is 0. The largest absolute Gasteiger partial charge is 0.309 e. The van der Waals surface area contributed by atoms with Gasteiger partial charge in [-0.15, -0.1) is 0 Å². The molecule has 0 saturated carbocycles. The minimum atomic E-state index is 1.21. The Morgan fingerprint density at radius 3 is 2.20 bits per heavy atom. The molecule has 0 aliphatic heterocycles. The molecule has 0 amide bonds. The number of nitrogens with zero attached hydrogens (tertiary/aromatic N) is 1. The molecule has 4 aromatic rings. The van der Waals surface area contributed by atoms with E-state index in [9.17, 15) is 0 Å². The van der Waals surface area contributed by atoms with Crippen LogP contribution in [0.5, 0.6) is 0 Å². The molecule has 4 rings (SSSR count). The predicted molar refractivity (Wildman–Crippen MR) is 85.5 cm³/mol. The maximum atomic E-state index is 2.34. The molecule has 1 nitrogen and oxygen atoms in total. The number of aromatic nitrogens is 1. The summed E-state index contributed by atoms with van der Waals surface area (Å²) in [5, 5.41) is 2.63. The number of rotatable bonds is 1. The molecular weight excluding hydrogens is 242 g/mol. The van der Waals surface area contributed by atoms with Gasteiger partial charge in [0.25, 0.3) is 0 Å². The number of benzene rings is 3. The zero-order valence-corrected chi connectivity index (χ0v) is 11.4. The second kappa shape index (κ2) is 4.24. The second-order valence-electron chi connectivity index (χ2n) is 5.21. The summed E-state index contributed by atoms with van der Waals surface area (Å²) in [6, 6.07) is 25.8. The summed E-state index contributed by atoms with van der Waals surface area (Å²) in [6.07, 6.45) is 0. The molecule has 0 N–H and O–H groups in total. The van der Waals surface area contributed by atoms with Crippen LogP contribution >= 0.6 is 0 Å². The molecule has 96 valence electrons. The molecule has 0 spiro atoms. The summed E-state index contributed by atoms with van der Waals surface area (Å²) in [5.41, 5.74) is 5.04. The second-order valence-corrected chi connectivity index (χ2v) is 5.21. The molecule has 0 aliphatic carbocycles. The summed E-state index contributed by atoms with van der Waals surface area (Å²) < 4.78 is 2.34. The number of hydrogen-bond donors (Lipinski definition) is 0. The standard InChI is InChI=1S/C19H15N/c1-14-11-12-17-16-9-5-6-10-18(16)20(19(17)13-14)15-7-3-2-4-8-15/h2-13H,1H3. The molecule has 3 aromatic carbocycles. The number of hydrogen-bond acceptors (Lipinski definition) is 0. The van der Waals surface area contributed by atoms with Crippen LogP contribution in [0.25, 0.3) is 27.5 Å². The van der Waals surface area contributed by atoms with Gasteiger partial charge in [0.15, 0.2) is 0 Å². The molecule has 0 aliphatic rings. The smallest absolute Gasteiger partial charge is 0.0543 e. The Hall–Kier alpha value is -2.54. The lowest BCUT2D eigenvalue weighted by Crippen LogP contribution is -1.92. The van der Waals surface area contributed by atoms with Crippen LogP contribution in [-0.2, 0) is 0 Å². The van der Waals surface area contributed by atoms with Gasteiger partial charge in [0.1, 0.15) is 0 Å². The first-order chi connectivity index (χ1) is 9.84. The SMILES string of the molecule is Cc1ccc2c3ccccc3n(-c3ccccc3)c2c1. The van der Waals surface area contributed by atoms with Crippen molar-refractivity contribution in [1.82, 2.24) is 4.57 Å². The molecule has 0 bridgehead atoms. The van der Waals surface area contributed by atoms with Crippen molar-refractivity contribution < 1.29 is 0 Å². The van der Waals surface area contributed by atoms with Crippen molar-refractivity contribution >= 4 is 21.8 Å². The lowest BCUT2D eigenvalue weighted by atomic mass is 10.1. The minimum absolute atomic E-state index is 1.21. The fraction of sp³-hybridized carbons (Fsp3) is 0.0526. The first-order valence-corrected chi connectivity index (χ1v) is 6.90. The highest BCUT2D eigenvalue weighted by molar-refractivity contribution is 6.09. The monoisotopic (exact) mass is 257 g/mol. The first kappa shape index (κ1) is 11.3. The van der Waals surface area contributed by atoms with Crippen LogP contribution in [0.2, 0.25) is 0 Å². The Morgan fingerprint density at radius 2 is 1.35 bits per heavy atom. The Kier molecular flexibility index (Phi) is 2.40. The van der Waals surface area contributed by atoms with Crippen molar-refractivity contribution in [3.63, 3.8) is 0 Å². The maximum absolute atomic E-state index is 2.34. The van der Waals surface area contributed by atoms with Gasteiger partial charge >= 0.3 is 0 Å². The van der Waals surface area contributed by atoms with Gasteiger partial charge in [-0.25, -0.2) is 0 Å². The molecule has 0 unspecified atom stereocenters. The first-order valence-electron chi connectivity index (χ1n) is 6.90. The Bertz CT molecular complexity index is 901. The van der Waals surface area contributed by atoms with Crippen molar-refractivity contribution in [2.24, 2.45) is 0 Å². The number of fused-ring (bicyclic) bond motifs is 3. The Balaban J connectivity index is 2.23. The Labute approximate surface area is 118 Å². The number of para-hydroxylation sites is 2. The lowest BCUT2D eigenvalue weighted by molar-refractivity contribution is 1.18. The summed E-state index contributed by atoms with van der Waals surface area (Å²) in [7, 11) is 0. The van der Waals surface area contributed by atoms with E-state index in [1.807, 2.05) is 0 Å². The Morgan fingerprint density at radius 1 is 0.650 bits per heavy atom. The van der Waals surface area contributed by atoms with E-state index in [1.54, 1.807) is 0 Å². The maximum Gasteiger partial charge on any atom is 0.0543 e. The molecule has 0 fully saturated rings. The molecule has 1 aromatic heterocycles. The van der Waals surface area contributed by atoms with E-state index in [0.29, 0.717) is 0 Å². The van der Waals surface area contributed by atoms with E-state index < -0.39 is 0 Å². The van der Waals surface area contributed by atoms with Crippen LogP contribution in [0, 0.1) is 6.92 Å².